The smallest absolute Gasteiger partial charge is 0.419 e. The summed E-state index contributed by atoms with van der Waals surface area (Å²) in [5.41, 5.74) is 3.15. The molecule has 0 spiro atoms. The molecule has 0 saturated carbocycles. The number of aromatic nitrogens is 1. The Labute approximate surface area is 158 Å². The minimum Gasteiger partial charge on any atom is -0.464 e. The van der Waals surface area contributed by atoms with Crippen molar-refractivity contribution in [1.29, 1.82) is 0 Å². The molecule has 3 aromatic rings. The maximum absolute atomic E-state index is 12.8. The normalized spacial score (nSPS) is 11.4. The van der Waals surface area contributed by atoms with Gasteiger partial charge in [0.25, 0.3) is 0 Å². The molecule has 2 aromatic carbocycles. The van der Waals surface area contributed by atoms with Crippen LogP contribution in [0.1, 0.15) is 36.8 Å². The van der Waals surface area contributed by atoms with Gasteiger partial charge in [0.15, 0.2) is 0 Å². The van der Waals surface area contributed by atoms with Gasteiger partial charge in [0, 0.05) is 5.39 Å². The maximum atomic E-state index is 12.8. The Kier molecular flexibility index (Phi) is 4.79. The molecule has 0 bridgehead atoms. The molecule has 1 aromatic heterocycles. The Hall–Kier alpha value is -3.08. The summed E-state index contributed by atoms with van der Waals surface area (Å²) in [7, 11) is 1.29. The average molecular weight is 365 g/mol. The zero-order valence-corrected chi connectivity index (χ0v) is 16.2. The van der Waals surface area contributed by atoms with E-state index < -0.39 is 17.7 Å². The lowest BCUT2D eigenvalue weighted by Gasteiger charge is -2.20. The number of carbonyl (C=O) groups is 2. The lowest BCUT2D eigenvalue weighted by atomic mass is 10.0. The van der Waals surface area contributed by atoms with Crippen LogP contribution in [-0.2, 0) is 9.47 Å². The van der Waals surface area contributed by atoms with Gasteiger partial charge in [-0.2, -0.15) is 0 Å². The fourth-order valence-electron chi connectivity index (χ4n) is 2.97. The molecule has 1 heterocycles. The predicted molar refractivity (Wildman–Crippen MR) is 105 cm³/mol. The van der Waals surface area contributed by atoms with Gasteiger partial charge in [-0.25, -0.2) is 14.2 Å². The third-order valence-electron chi connectivity index (χ3n) is 4.18. The molecule has 27 heavy (non-hydrogen) atoms. The van der Waals surface area contributed by atoms with Gasteiger partial charge >= 0.3 is 12.1 Å². The number of benzene rings is 2. The molecule has 0 aliphatic heterocycles. The summed E-state index contributed by atoms with van der Waals surface area (Å²) in [6.07, 6.45) is -0.612. The lowest BCUT2D eigenvalue weighted by molar-refractivity contribution is 0.0490. The lowest BCUT2D eigenvalue weighted by Crippen LogP contribution is -2.29. The topological polar surface area (TPSA) is 57.5 Å². The van der Waals surface area contributed by atoms with Crippen molar-refractivity contribution in [2.75, 3.05) is 7.11 Å². The number of esters is 1. The molecule has 0 fully saturated rings. The van der Waals surface area contributed by atoms with Crippen molar-refractivity contribution in [2.24, 2.45) is 0 Å². The number of nitrogens with zero attached hydrogens (tertiary/aromatic N) is 1. The van der Waals surface area contributed by atoms with E-state index >= 15 is 0 Å². The van der Waals surface area contributed by atoms with Crippen LogP contribution in [0.25, 0.3) is 22.0 Å². The third kappa shape index (κ3) is 3.72. The highest BCUT2D eigenvalue weighted by Crippen LogP contribution is 2.32. The van der Waals surface area contributed by atoms with Gasteiger partial charge < -0.3 is 9.47 Å². The summed E-state index contributed by atoms with van der Waals surface area (Å²) in [6.45, 7) is 7.38. The van der Waals surface area contributed by atoms with E-state index in [2.05, 4.69) is 0 Å². The van der Waals surface area contributed by atoms with Gasteiger partial charge in [-0.3, -0.25) is 0 Å². The Bertz CT molecular complexity index is 1010. The summed E-state index contributed by atoms with van der Waals surface area (Å²) < 4.78 is 11.7. The zero-order chi connectivity index (χ0) is 19.8. The second-order valence-corrected chi connectivity index (χ2v) is 7.44. The molecule has 0 radical (unpaired) electrons. The van der Waals surface area contributed by atoms with E-state index in [1.165, 1.54) is 11.7 Å². The van der Waals surface area contributed by atoms with Crippen LogP contribution in [0.4, 0.5) is 4.79 Å². The third-order valence-corrected chi connectivity index (χ3v) is 4.18. The Balaban J connectivity index is 2.25. The number of carbonyl (C=O) groups excluding carboxylic acids is 2. The van der Waals surface area contributed by atoms with Crippen LogP contribution in [0.2, 0.25) is 0 Å². The first-order chi connectivity index (χ1) is 12.7. The Morgan fingerprint density at radius 1 is 1.00 bits per heavy atom. The fourth-order valence-corrected chi connectivity index (χ4v) is 2.97. The van der Waals surface area contributed by atoms with E-state index in [1.54, 1.807) is 32.9 Å². The number of ether oxygens (including phenoxy) is 2. The summed E-state index contributed by atoms with van der Waals surface area (Å²) in [5, 5.41) is 0.785. The summed E-state index contributed by atoms with van der Waals surface area (Å²) >= 11 is 0. The molecule has 3 rings (SSSR count). The van der Waals surface area contributed by atoms with Gasteiger partial charge in [-0.05, 0) is 51.0 Å². The molecule has 140 valence electrons. The van der Waals surface area contributed by atoms with E-state index in [-0.39, 0.29) is 5.69 Å². The first-order valence-electron chi connectivity index (χ1n) is 8.74. The van der Waals surface area contributed by atoms with E-state index in [0.717, 1.165) is 22.1 Å². The Morgan fingerprint density at radius 2 is 1.67 bits per heavy atom. The highest BCUT2D eigenvalue weighted by atomic mass is 16.6. The SMILES string of the molecule is COC(=O)c1cc2c(-c3ccc(C)cc3)cccc2n1C(=O)OC(C)(C)C. The standard InChI is InChI=1S/C22H23NO4/c1-14-9-11-15(12-10-14)16-7-6-8-18-17(16)13-19(20(24)26-5)23(18)21(25)27-22(2,3)4/h6-13H,1-5H3. The van der Waals surface area contributed by atoms with E-state index in [1.807, 2.05) is 43.3 Å². The summed E-state index contributed by atoms with van der Waals surface area (Å²) in [5.74, 6) is -0.591. The molecular formula is C22H23NO4. The molecule has 5 heteroatoms. The number of fused-ring (bicyclic) bond motifs is 1. The summed E-state index contributed by atoms with van der Waals surface area (Å²) in [4.78, 5) is 25.1. The average Bonchev–Trinajstić information content (AvgIpc) is 3.00. The number of aryl methyl sites for hydroxylation is 1. The van der Waals surface area contributed by atoms with Gasteiger partial charge in [-0.15, -0.1) is 0 Å². The van der Waals surface area contributed by atoms with Crippen molar-refractivity contribution in [3.05, 3.63) is 59.8 Å². The number of methoxy groups -OCH3 is 1. The Morgan fingerprint density at radius 3 is 2.26 bits per heavy atom. The molecule has 0 amide bonds. The van der Waals surface area contributed by atoms with Crippen LogP contribution >= 0.6 is 0 Å². The maximum Gasteiger partial charge on any atom is 0.419 e. The van der Waals surface area contributed by atoms with Crippen molar-refractivity contribution in [3.63, 3.8) is 0 Å². The highest BCUT2D eigenvalue weighted by molar-refractivity contribution is 6.06. The van der Waals surface area contributed by atoms with Crippen molar-refractivity contribution in [2.45, 2.75) is 33.3 Å². The molecule has 0 unspecified atom stereocenters. The van der Waals surface area contributed by atoms with Crippen LogP contribution in [0, 0.1) is 6.92 Å². The van der Waals surface area contributed by atoms with Crippen LogP contribution < -0.4 is 0 Å². The van der Waals surface area contributed by atoms with Crippen molar-refractivity contribution in [1.82, 2.24) is 4.57 Å². The van der Waals surface area contributed by atoms with Crippen LogP contribution in [0.15, 0.2) is 48.5 Å². The molecule has 0 aliphatic carbocycles. The molecule has 0 atom stereocenters. The first kappa shape index (κ1) is 18.7. The van der Waals surface area contributed by atoms with Crippen molar-refractivity contribution in [3.8, 4) is 11.1 Å². The van der Waals surface area contributed by atoms with Crippen molar-refractivity contribution < 1.29 is 19.1 Å². The van der Waals surface area contributed by atoms with Gasteiger partial charge in [0.05, 0.1) is 12.6 Å². The second-order valence-electron chi connectivity index (χ2n) is 7.44. The molecule has 5 nitrogen and oxygen atoms in total. The second kappa shape index (κ2) is 6.91. The van der Waals surface area contributed by atoms with Crippen molar-refractivity contribution >= 4 is 23.0 Å². The van der Waals surface area contributed by atoms with E-state index in [9.17, 15) is 9.59 Å². The van der Waals surface area contributed by atoms with E-state index in [4.69, 9.17) is 9.47 Å². The molecule has 0 aliphatic rings. The van der Waals surface area contributed by atoms with Gasteiger partial charge in [-0.1, -0.05) is 42.0 Å². The monoisotopic (exact) mass is 365 g/mol. The van der Waals surface area contributed by atoms with Crippen LogP contribution in [0.3, 0.4) is 0 Å². The summed E-state index contributed by atoms with van der Waals surface area (Å²) in [6, 6.07) is 15.4. The highest BCUT2D eigenvalue weighted by Gasteiger charge is 2.26. The zero-order valence-electron chi connectivity index (χ0n) is 16.2. The van der Waals surface area contributed by atoms with Gasteiger partial charge in [0.2, 0.25) is 0 Å². The largest absolute Gasteiger partial charge is 0.464 e. The predicted octanol–water partition coefficient (Wildman–Crippen LogP) is 5.19. The molecular weight excluding hydrogens is 342 g/mol. The quantitative estimate of drug-likeness (QED) is 0.587. The number of rotatable bonds is 2. The molecule has 0 N–H and O–H groups in total. The van der Waals surface area contributed by atoms with Crippen LogP contribution in [0.5, 0.6) is 0 Å². The number of hydrogen-bond acceptors (Lipinski definition) is 4. The van der Waals surface area contributed by atoms with Gasteiger partial charge in [0.1, 0.15) is 11.3 Å². The number of hydrogen-bond donors (Lipinski definition) is 0. The first-order valence-corrected chi connectivity index (χ1v) is 8.74. The fraction of sp³-hybridized carbons (Fsp3) is 0.273. The minimum absolute atomic E-state index is 0.140. The molecule has 0 saturated heterocycles. The minimum atomic E-state index is -0.685. The van der Waals surface area contributed by atoms with E-state index in [0.29, 0.717) is 5.52 Å². The van der Waals surface area contributed by atoms with Crippen LogP contribution in [-0.4, -0.2) is 29.3 Å².